The van der Waals surface area contributed by atoms with E-state index in [1.165, 1.54) is 16.5 Å². The molecule has 0 radical (unpaired) electrons. The molecule has 1 unspecified atom stereocenters. The van der Waals surface area contributed by atoms with Crippen molar-refractivity contribution < 1.29 is 0 Å². The standard InChI is InChI=1S/C22H26Cl2N2/c1-3-14(2)15-7-10-21-18(12-15)17(6-4-5-11-25)22(26-21)19-13-16(23)8-9-20(19)24/h7-10,12-14,26H,3-6,11,25H2,1-2H3. The van der Waals surface area contributed by atoms with Gasteiger partial charge in [0.1, 0.15) is 0 Å². The lowest BCUT2D eigenvalue weighted by molar-refractivity contribution is 0.734. The van der Waals surface area contributed by atoms with Crippen LogP contribution in [0.1, 0.15) is 50.2 Å². The Balaban J connectivity index is 2.17. The number of hydrogen-bond donors (Lipinski definition) is 2. The summed E-state index contributed by atoms with van der Waals surface area (Å²) in [6.07, 6.45) is 4.17. The predicted molar refractivity (Wildman–Crippen MR) is 114 cm³/mol. The van der Waals surface area contributed by atoms with E-state index in [4.69, 9.17) is 28.9 Å². The average molecular weight is 389 g/mol. The second kappa shape index (κ2) is 8.47. The van der Waals surface area contributed by atoms with Crippen molar-refractivity contribution in [1.82, 2.24) is 4.98 Å². The van der Waals surface area contributed by atoms with Crippen molar-refractivity contribution in [3.63, 3.8) is 0 Å². The fraction of sp³-hybridized carbons (Fsp3) is 0.364. The zero-order valence-corrected chi connectivity index (χ0v) is 16.9. The highest BCUT2D eigenvalue weighted by Gasteiger charge is 2.17. The first-order valence-electron chi connectivity index (χ1n) is 9.35. The van der Waals surface area contributed by atoms with E-state index in [2.05, 4.69) is 37.0 Å². The second-order valence-corrected chi connectivity index (χ2v) is 7.81. The highest BCUT2D eigenvalue weighted by Crippen LogP contribution is 2.37. The monoisotopic (exact) mass is 388 g/mol. The summed E-state index contributed by atoms with van der Waals surface area (Å²) in [6, 6.07) is 12.4. The van der Waals surface area contributed by atoms with Crippen LogP contribution in [0.5, 0.6) is 0 Å². The molecule has 4 heteroatoms. The normalized spacial score (nSPS) is 12.7. The lowest BCUT2D eigenvalue weighted by Gasteiger charge is -2.10. The summed E-state index contributed by atoms with van der Waals surface area (Å²) in [7, 11) is 0. The molecule has 0 saturated heterocycles. The van der Waals surface area contributed by atoms with Crippen LogP contribution < -0.4 is 5.73 Å². The van der Waals surface area contributed by atoms with E-state index in [0.717, 1.165) is 42.5 Å². The number of hydrogen-bond acceptors (Lipinski definition) is 1. The Morgan fingerprint density at radius 2 is 1.88 bits per heavy atom. The molecule has 0 aliphatic carbocycles. The Hall–Kier alpha value is -1.48. The molecule has 138 valence electrons. The number of fused-ring (bicyclic) bond motifs is 1. The number of nitrogens with two attached hydrogens (primary N) is 1. The van der Waals surface area contributed by atoms with Gasteiger partial charge in [-0.1, -0.05) is 43.1 Å². The summed E-state index contributed by atoms with van der Waals surface area (Å²) in [5, 5.41) is 2.69. The van der Waals surface area contributed by atoms with Crippen LogP contribution in [0.2, 0.25) is 10.0 Å². The van der Waals surface area contributed by atoms with Crippen LogP contribution in [0, 0.1) is 0 Å². The van der Waals surface area contributed by atoms with Crippen molar-refractivity contribution >= 4 is 34.1 Å². The topological polar surface area (TPSA) is 41.8 Å². The van der Waals surface area contributed by atoms with Crippen LogP contribution in [0.4, 0.5) is 0 Å². The maximum Gasteiger partial charge on any atom is 0.0512 e. The minimum atomic E-state index is 0.546. The van der Waals surface area contributed by atoms with E-state index in [-0.39, 0.29) is 0 Å². The van der Waals surface area contributed by atoms with Crippen LogP contribution >= 0.6 is 23.2 Å². The summed E-state index contributed by atoms with van der Waals surface area (Å²) in [5.74, 6) is 0.546. The third kappa shape index (κ3) is 3.93. The summed E-state index contributed by atoms with van der Waals surface area (Å²) >= 11 is 12.7. The molecule has 1 heterocycles. The van der Waals surface area contributed by atoms with Gasteiger partial charge in [-0.05, 0) is 79.6 Å². The molecule has 3 N–H and O–H groups in total. The summed E-state index contributed by atoms with van der Waals surface area (Å²) in [6.45, 7) is 5.22. The van der Waals surface area contributed by atoms with E-state index < -0.39 is 0 Å². The molecule has 2 aromatic carbocycles. The van der Waals surface area contributed by atoms with Crippen molar-refractivity contribution in [2.75, 3.05) is 6.54 Å². The molecule has 1 atom stereocenters. The third-order valence-electron chi connectivity index (χ3n) is 5.19. The van der Waals surface area contributed by atoms with Gasteiger partial charge in [0.15, 0.2) is 0 Å². The molecule has 3 rings (SSSR count). The summed E-state index contributed by atoms with van der Waals surface area (Å²) in [5.41, 5.74) is 11.6. The zero-order chi connectivity index (χ0) is 18.7. The van der Waals surface area contributed by atoms with Gasteiger partial charge in [0.2, 0.25) is 0 Å². The van der Waals surface area contributed by atoms with Gasteiger partial charge in [0, 0.05) is 26.5 Å². The average Bonchev–Trinajstić information content (AvgIpc) is 3.01. The van der Waals surface area contributed by atoms with Crippen molar-refractivity contribution in [2.24, 2.45) is 5.73 Å². The van der Waals surface area contributed by atoms with E-state index in [0.29, 0.717) is 22.5 Å². The van der Waals surface area contributed by atoms with Crippen LogP contribution in [-0.2, 0) is 6.42 Å². The molecule has 0 spiro atoms. The first-order chi connectivity index (χ1) is 12.5. The lowest BCUT2D eigenvalue weighted by Crippen LogP contribution is -1.99. The molecule has 0 bridgehead atoms. The quantitative estimate of drug-likeness (QED) is 0.422. The SMILES string of the molecule is CCC(C)c1ccc2[nH]c(-c3cc(Cl)ccc3Cl)c(CCCCN)c2c1. The van der Waals surface area contributed by atoms with Crippen LogP contribution in [0.3, 0.4) is 0 Å². The van der Waals surface area contributed by atoms with Crippen LogP contribution in [0.25, 0.3) is 22.2 Å². The number of unbranched alkanes of at least 4 members (excludes halogenated alkanes) is 1. The molecule has 2 nitrogen and oxygen atoms in total. The Morgan fingerprint density at radius 3 is 2.62 bits per heavy atom. The Morgan fingerprint density at radius 1 is 1.08 bits per heavy atom. The zero-order valence-electron chi connectivity index (χ0n) is 15.4. The molecule has 0 aliphatic rings. The number of halogens is 2. The van der Waals surface area contributed by atoms with Crippen LogP contribution in [0.15, 0.2) is 36.4 Å². The number of rotatable bonds is 7. The minimum absolute atomic E-state index is 0.546. The van der Waals surface area contributed by atoms with Crippen molar-refractivity contribution in [2.45, 2.75) is 45.4 Å². The maximum absolute atomic E-state index is 6.50. The first-order valence-corrected chi connectivity index (χ1v) is 10.1. The van der Waals surface area contributed by atoms with E-state index in [1.807, 2.05) is 18.2 Å². The number of aromatic amines is 1. The summed E-state index contributed by atoms with van der Waals surface area (Å²) in [4.78, 5) is 3.59. The first kappa shape index (κ1) is 19.3. The molecule has 0 amide bonds. The Bertz CT molecular complexity index is 899. The number of aromatic nitrogens is 1. The van der Waals surface area contributed by atoms with Crippen molar-refractivity contribution in [1.29, 1.82) is 0 Å². The molecular weight excluding hydrogens is 363 g/mol. The van der Waals surface area contributed by atoms with Gasteiger partial charge in [-0.2, -0.15) is 0 Å². The smallest absolute Gasteiger partial charge is 0.0512 e. The molecule has 0 saturated carbocycles. The number of H-pyrrole nitrogens is 1. The van der Waals surface area contributed by atoms with E-state index in [9.17, 15) is 0 Å². The molecule has 3 aromatic rings. The summed E-state index contributed by atoms with van der Waals surface area (Å²) < 4.78 is 0. The van der Waals surface area contributed by atoms with Gasteiger partial charge in [0.25, 0.3) is 0 Å². The molecule has 0 aliphatic heterocycles. The Labute approximate surface area is 165 Å². The predicted octanol–water partition coefficient (Wildman–Crippen LogP) is 6.94. The van der Waals surface area contributed by atoms with Gasteiger partial charge >= 0.3 is 0 Å². The Kier molecular flexibility index (Phi) is 6.29. The van der Waals surface area contributed by atoms with Gasteiger partial charge in [-0.25, -0.2) is 0 Å². The molecule has 0 fully saturated rings. The van der Waals surface area contributed by atoms with Crippen molar-refractivity contribution in [3.8, 4) is 11.3 Å². The number of benzene rings is 2. The molecular formula is C22H26Cl2N2. The van der Waals surface area contributed by atoms with Gasteiger partial charge in [-0.3, -0.25) is 0 Å². The van der Waals surface area contributed by atoms with Gasteiger partial charge in [0.05, 0.1) is 5.69 Å². The highest BCUT2D eigenvalue weighted by molar-refractivity contribution is 6.35. The van der Waals surface area contributed by atoms with E-state index in [1.54, 1.807) is 0 Å². The molecule has 1 aromatic heterocycles. The fourth-order valence-corrected chi connectivity index (χ4v) is 3.82. The van der Waals surface area contributed by atoms with Gasteiger partial charge < -0.3 is 10.7 Å². The highest BCUT2D eigenvalue weighted by atomic mass is 35.5. The maximum atomic E-state index is 6.50. The van der Waals surface area contributed by atoms with Crippen LogP contribution in [-0.4, -0.2) is 11.5 Å². The van der Waals surface area contributed by atoms with Crippen molar-refractivity contribution in [3.05, 3.63) is 57.6 Å². The number of nitrogens with one attached hydrogen (secondary N) is 1. The largest absolute Gasteiger partial charge is 0.354 e. The fourth-order valence-electron chi connectivity index (χ4n) is 3.43. The molecule has 26 heavy (non-hydrogen) atoms. The second-order valence-electron chi connectivity index (χ2n) is 6.96. The van der Waals surface area contributed by atoms with E-state index >= 15 is 0 Å². The third-order valence-corrected chi connectivity index (χ3v) is 5.75. The lowest BCUT2D eigenvalue weighted by atomic mass is 9.94. The van der Waals surface area contributed by atoms with Gasteiger partial charge in [-0.15, -0.1) is 0 Å². The number of aryl methyl sites for hydroxylation is 1. The minimum Gasteiger partial charge on any atom is -0.354 e.